The molecule has 28 heavy (non-hydrogen) atoms. The summed E-state index contributed by atoms with van der Waals surface area (Å²) in [5.74, 6) is 0.610. The van der Waals surface area contributed by atoms with E-state index in [2.05, 4.69) is 15.1 Å². The SMILES string of the molecule is COc1ccc(N2CCCN3C4C(=O)N(CCCO)C(=O)N(C)C4NC23)cc1. The number of ether oxygens (including phenoxy) is 1. The molecule has 4 rings (SSSR count). The molecule has 1 aromatic rings. The maximum Gasteiger partial charge on any atom is 0.327 e. The van der Waals surface area contributed by atoms with E-state index in [4.69, 9.17) is 9.84 Å². The average Bonchev–Trinajstić information content (AvgIpc) is 3.12. The Morgan fingerprint density at radius 3 is 2.64 bits per heavy atom. The molecule has 0 bridgehead atoms. The first-order valence-electron chi connectivity index (χ1n) is 9.68. The molecule has 0 aliphatic carbocycles. The van der Waals surface area contributed by atoms with Gasteiger partial charge < -0.3 is 19.6 Å². The quantitative estimate of drug-likeness (QED) is 0.737. The predicted octanol–water partition coefficient (Wildman–Crippen LogP) is 0.0652. The Bertz CT molecular complexity index is 742. The van der Waals surface area contributed by atoms with Crippen molar-refractivity contribution in [3.05, 3.63) is 24.3 Å². The van der Waals surface area contributed by atoms with Crippen LogP contribution in [0.25, 0.3) is 0 Å². The third kappa shape index (κ3) is 2.99. The molecule has 3 unspecified atom stereocenters. The fourth-order valence-corrected chi connectivity index (χ4v) is 4.39. The summed E-state index contributed by atoms with van der Waals surface area (Å²) < 4.78 is 5.25. The van der Waals surface area contributed by atoms with Gasteiger partial charge in [0.25, 0.3) is 5.91 Å². The summed E-state index contributed by atoms with van der Waals surface area (Å²) in [6.07, 6.45) is 0.787. The van der Waals surface area contributed by atoms with Gasteiger partial charge in [0, 0.05) is 39.0 Å². The first-order valence-corrected chi connectivity index (χ1v) is 9.68. The third-order valence-electron chi connectivity index (χ3n) is 5.81. The normalized spacial score (nSPS) is 27.8. The molecular weight excluding hydrogens is 362 g/mol. The number of nitrogens with zero attached hydrogens (tertiary/aromatic N) is 4. The lowest BCUT2D eigenvalue weighted by atomic mass is 10.1. The minimum atomic E-state index is -0.424. The van der Waals surface area contributed by atoms with E-state index in [0.29, 0.717) is 6.42 Å². The number of carbonyl (C=O) groups is 2. The van der Waals surface area contributed by atoms with Gasteiger partial charge in [-0.15, -0.1) is 0 Å². The number of methoxy groups -OCH3 is 1. The second-order valence-corrected chi connectivity index (χ2v) is 7.37. The topological polar surface area (TPSA) is 88.6 Å². The summed E-state index contributed by atoms with van der Waals surface area (Å²) in [5.41, 5.74) is 1.04. The third-order valence-corrected chi connectivity index (χ3v) is 5.81. The summed E-state index contributed by atoms with van der Waals surface area (Å²) in [7, 11) is 3.36. The van der Waals surface area contributed by atoms with E-state index in [-0.39, 0.29) is 37.5 Å². The standard InChI is InChI=1S/C19H27N5O4/c1-21-16-15(17(26)24(19(21)27)11-4-12-25)23-10-3-9-22(18(23)20-16)13-5-7-14(28-2)8-6-13/h5-8,15-16,18,20,25H,3-4,9-12H2,1-2H3. The molecule has 0 spiro atoms. The van der Waals surface area contributed by atoms with Crippen LogP contribution in [0.2, 0.25) is 0 Å². The fraction of sp³-hybridized carbons (Fsp3) is 0.579. The van der Waals surface area contributed by atoms with Gasteiger partial charge in [-0.05, 0) is 37.1 Å². The number of urea groups is 1. The number of rotatable bonds is 5. The zero-order valence-electron chi connectivity index (χ0n) is 16.2. The first kappa shape index (κ1) is 19.0. The molecule has 3 fully saturated rings. The Morgan fingerprint density at radius 2 is 1.96 bits per heavy atom. The van der Waals surface area contributed by atoms with E-state index in [1.165, 1.54) is 4.90 Å². The van der Waals surface area contributed by atoms with Gasteiger partial charge in [-0.3, -0.25) is 19.9 Å². The number of imide groups is 1. The Labute approximate surface area is 164 Å². The Balaban J connectivity index is 1.60. The van der Waals surface area contributed by atoms with Gasteiger partial charge in [-0.2, -0.15) is 0 Å². The maximum absolute atomic E-state index is 13.1. The van der Waals surface area contributed by atoms with Crippen molar-refractivity contribution in [1.29, 1.82) is 0 Å². The average molecular weight is 389 g/mol. The summed E-state index contributed by atoms with van der Waals surface area (Å²) >= 11 is 0. The zero-order valence-corrected chi connectivity index (χ0v) is 16.2. The maximum atomic E-state index is 13.1. The molecule has 1 aromatic carbocycles. The van der Waals surface area contributed by atoms with Crippen LogP contribution in [0.4, 0.5) is 10.5 Å². The number of nitrogens with one attached hydrogen (secondary N) is 1. The molecule has 3 atom stereocenters. The van der Waals surface area contributed by atoms with Crippen molar-refractivity contribution in [2.45, 2.75) is 31.3 Å². The lowest BCUT2D eigenvalue weighted by molar-refractivity contribution is -0.138. The molecule has 3 aliphatic heterocycles. The van der Waals surface area contributed by atoms with Crippen LogP contribution in [0.3, 0.4) is 0 Å². The predicted molar refractivity (Wildman–Crippen MR) is 103 cm³/mol. The second-order valence-electron chi connectivity index (χ2n) is 7.37. The van der Waals surface area contributed by atoms with E-state index in [9.17, 15) is 9.59 Å². The monoisotopic (exact) mass is 389 g/mol. The highest BCUT2D eigenvalue weighted by Gasteiger charge is 2.55. The van der Waals surface area contributed by atoms with Crippen molar-refractivity contribution >= 4 is 17.6 Å². The number of hydrogen-bond acceptors (Lipinski definition) is 7. The van der Waals surface area contributed by atoms with Crippen LogP contribution in [0.1, 0.15) is 12.8 Å². The van der Waals surface area contributed by atoms with Gasteiger partial charge in [0.2, 0.25) is 0 Å². The Morgan fingerprint density at radius 1 is 1.21 bits per heavy atom. The number of anilines is 1. The highest BCUT2D eigenvalue weighted by molar-refractivity contribution is 6.00. The van der Waals surface area contributed by atoms with Crippen molar-refractivity contribution in [2.24, 2.45) is 0 Å². The number of likely N-dealkylation sites (N-methyl/N-ethyl adjacent to an activating group) is 1. The minimum absolute atomic E-state index is 0.0509. The molecule has 3 aliphatic rings. The lowest BCUT2D eigenvalue weighted by Crippen LogP contribution is -2.66. The van der Waals surface area contributed by atoms with Crippen LogP contribution >= 0.6 is 0 Å². The second kappa shape index (κ2) is 7.57. The number of fused-ring (bicyclic) bond motifs is 3. The highest BCUT2D eigenvalue weighted by Crippen LogP contribution is 2.33. The van der Waals surface area contributed by atoms with E-state index in [0.717, 1.165) is 30.9 Å². The number of benzene rings is 1. The van der Waals surface area contributed by atoms with Gasteiger partial charge in [-0.25, -0.2) is 4.79 Å². The fourth-order valence-electron chi connectivity index (χ4n) is 4.39. The van der Waals surface area contributed by atoms with Gasteiger partial charge >= 0.3 is 6.03 Å². The molecule has 9 heteroatoms. The molecule has 3 saturated heterocycles. The van der Waals surface area contributed by atoms with Crippen LogP contribution in [-0.4, -0.2) is 90.6 Å². The molecule has 152 valence electrons. The van der Waals surface area contributed by atoms with Gasteiger partial charge in [0.05, 0.1) is 7.11 Å². The van der Waals surface area contributed by atoms with Crippen molar-refractivity contribution in [3.8, 4) is 5.75 Å². The van der Waals surface area contributed by atoms with Crippen LogP contribution in [0, 0.1) is 0 Å². The number of carbonyl (C=O) groups excluding carboxylic acids is 2. The van der Waals surface area contributed by atoms with Gasteiger partial charge in [0.1, 0.15) is 24.2 Å². The molecular formula is C19H27N5O4. The smallest absolute Gasteiger partial charge is 0.327 e. The van der Waals surface area contributed by atoms with E-state index in [1.807, 2.05) is 24.3 Å². The molecule has 3 amide bonds. The highest BCUT2D eigenvalue weighted by atomic mass is 16.5. The van der Waals surface area contributed by atoms with Crippen molar-refractivity contribution in [1.82, 2.24) is 20.0 Å². The molecule has 3 heterocycles. The molecule has 0 aromatic heterocycles. The van der Waals surface area contributed by atoms with E-state index < -0.39 is 6.04 Å². The summed E-state index contributed by atoms with van der Waals surface area (Å²) in [6.45, 7) is 1.83. The number of amides is 3. The van der Waals surface area contributed by atoms with Crippen LogP contribution in [-0.2, 0) is 4.79 Å². The molecule has 9 nitrogen and oxygen atoms in total. The van der Waals surface area contributed by atoms with Crippen LogP contribution in [0.5, 0.6) is 5.75 Å². The van der Waals surface area contributed by atoms with E-state index in [1.54, 1.807) is 19.1 Å². The van der Waals surface area contributed by atoms with Crippen molar-refractivity contribution in [3.63, 3.8) is 0 Å². The number of aliphatic hydroxyl groups excluding tert-OH is 1. The minimum Gasteiger partial charge on any atom is -0.497 e. The molecule has 0 radical (unpaired) electrons. The summed E-state index contributed by atoms with van der Waals surface area (Å²) in [5, 5.41) is 12.6. The van der Waals surface area contributed by atoms with Crippen LogP contribution in [0.15, 0.2) is 24.3 Å². The van der Waals surface area contributed by atoms with Gasteiger partial charge in [-0.1, -0.05) is 0 Å². The Hall–Kier alpha value is -2.36. The Kier molecular flexibility index (Phi) is 5.13. The van der Waals surface area contributed by atoms with Crippen LogP contribution < -0.4 is 15.0 Å². The van der Waals surface area contributed by atoms with Crippen molar-refractivity contribution < 1.29 is 19.4 Å². The summed E-state index contributed by atoms with van der Waals surface area (Å²) in [6, 6.07) is 7.13. The number of hydrogen-bond donors (Lipinski definition) is 2. The molecule has 0 saturated carbocycles. The number of aliphatic hydroxyl groups is 1. The molecule has 2 N–H and O–H groups in total. The largest absolute Gasteiger partial charge is 0.497 e. The van der Waals surface area contributed by atoms with Crippen molar-refractivity contribution in [2.75, 3.05) is 45.3 Å². The summed E-state index contributed by atoms with van der Waals surface area (Å²) in [4.78, 5) is 33.1. The first-order chi connectivity index (χ1) is 13.6. The zero-order chi connectivity index (χ0) is 19.8. The van der Waals surface area contributed by atoms with E-state index >= 15 is 0 Å². The lowest BCUT2D eigenvalue weighted by Gasteiger charge is -2.43. The van der Waals surface area contributed by atoms with Gasteiger partial charge in [0.15, 0.2) is 0 Å².